The zero-order valence-corrected chi connectivity index (χ0v) is 6.13. The molecule has 2 unspecified atom stereocenters. The maximum atomic E-state index is 11.3. The highest BCUT2D eigenvalue weighted by Crippen LogP contribution is 2.24. The van der Waals surface area contributed by atoms with E-state index >= 15 is 0 Å². The van der Waals surface area contributed by atoms with Crippen molar-refractivity contribution in [3.63, 3.8) is 0 Å². The maximum absolute atomic E-state index is 11.3. The van der Waals surface area contributed by atoms with Crippen LogP contribution in [0.1, 0.15) is 6.42 Å². The van der Waals surface area contributed by atoms with E-state index in [-0.39, 0.29) is 5.92 Å². The summed E-state index contributed by atoms with van der Waals surface area (Å²) in [5, 5.41) is 3.25. The second-order valence-electron chi connectivity index (χ2n) is 3.19. The molecule has 10 heavy (non-hydrogen) atoms. The lowest BCUT2D eigenvalue weighted by Crippen LogP contribution is -2.37. The molecule has 2 rings (SSSR count). The Morgan fingerprint density at radius 2 is 2.40 bits per heavy atom. The number of nitrogens with zero attached hydrogens (tertiary/aromatic N) is 1. The molecule has 2 bridgehead atoms. The zero-order valence-electron chi connectivity index (χ0n) is 6.13. The molecule has 0 spiro atoms. The SMILES string of the molecule is CN1C(=O)C2CNCC1C2. The highest BCUT2D eigenvalue weighted by Gasteiger charge is 2.39. The Bertz CT molecular complexity index is 165. The largest absolute Gasteiger partial charge is 0.341 e. The number of amides is 1. The van der Waals surface area contributed by atoms with Gasteiger partial charge < -0.3 is 10.2 Å². The minimum atomic E-state index is 0.281. The van der Waals surface area contributed by atoms with E-state index in [2.05, 4.69) is 5.32 Å². The van der Waals surface area contributed by atoms with Gasteiger partial charge >= 0.3 is 0 Å². The molecule has 56 valence electrons. The summed E-state index contributed by atoms with van der Waals surface area (Å²) in [6, 6.07) is 0.478. The Labute approximate surface area is 60.4 Å². The Hall–Kier alpha value is -0.570. The molecule has 2 saturated heterocycles. The molecule has 2 aliphatic rings. The first-order valence-corrected chi connectivity index (χ1v) is 3.76. The van der Waals surface area contributed by atoms with E-state index in [9.17, 15) is 4.79 Å². The van der Waals surface area contributed by atoms with Gasteiger partial charge in [-0.1, -0.05) is 0 Å². The van der Waals surface area contributed by atoms with Gasteiger partial charge in [-0.3, -0.25) is 4.79 Å². The van der Waals surface area contributed by atoms with Crippen molar-refractivity contribution in [3.05, 3.63) is 0 Å². The molecule has 2 fully saturated rings. The van der Waals surface area contributed by atoms with Crippen molar-refractivity contribution in [2.24, 2.45) is 5.92 Å². The van der Waals surface area contributed by atoms with E-state index < -0.39 is 0 Å². The van der Waals surface area contributed by atoms with Crippen LogP contribution in [0.4, 0.5) is 0 Å². The van der Waals surface area contributed by atoms with Gasteiger partial charge in [-0.2, -0.15) is 0 Å². The van der Waals surface area contributed by atoms with Gasteiger partial charge in [0.1, 0.15) is 0 Å². The molecule has 3 nitrogen and oxygen atoms in total. The summed E-state index contributed by atoms with van der Waals surface area (Å²) in [4.78, 5) is 13.2. The van der Waals surface area contributed by atoms with E-state index in [0.29, 0.717) is 11.9 Å². The number of carbonyl (C=O) groups is 1. The van der Waals surface area contributed by atoms with E-state index in [4.69, 9.17) is 0 Å². The summed E-state index contributed by atoms with van der Waals surface area (Å²) in [5.41, 5.74) is 0. The van der Waals surface area contributed by atoms with Crippen molar-refractivity contribution in [2.45, 2.75) is 12.5 Å². The van der Waals surface area contributed by atoms with Gasteiger partial charge in [0.25, 0.3) is 0 Å². The van der Waals surface area contributed by atoms with Crippen LogP contribution in [0.3, 0.4) is 0 Å². The molecule has 0 aromatic carbocycles. The standard InChI is InChI=1S/C7H12N2O/c1-9-6-2-5(7(9)10)3-8-4-6/h5-6,8H,2-4H2,1H3. The third kappa shape index (κ3) is 0.669. The Morgan fingerprint density at radius 3 is 3.00 bits per heavy atom. The first-order valence-electron chi connectivity index (χ1n) is 3.76. The van der Waals surface area contributed by atoms with Crippen molar-refractivity contribution in [3.8, 4) is 0 Å². The topological polar surface area (TPSA) is 32.3 Å². The lowest BCUT2D eigenvalue weighted by molar-refractivity contribution is -0.129. The minimum absolute atomic E-state index is 0.281. The van der Waals surface area contributed by atoms with Gasteiger partial charge in [-0.25, -0.2) is 0 Å². The number of likely N-dealkylation sites (N-methyl/N-ethyl adjacent to an activating group) is 1. The lowest BCUT2D eigenvalue weighted by atomic mass is 10.0. The van der Waals surface area contributed by atoms with Crippen LogP contribution in [0.5, 0.6) is 0 Å². The lowest BCUT2D eigenvalue weighted by Gasteiger charge is -2.20. The van der Waals surface area contributed by atoms with Gasteiger partial charge in [0.15, 0.2) is 0 Å². The predicted octanol–water partition coefficient (Wildman–Crippen LogP) is -0.563. The maximum Gasteiger partial charge on any atom is 0.227 e. The second kappa shape index (κ2) is 1.95. The molecule has 0 aromatic rings. The van der Waals surface area contributed by atoms with Crippen LogP contribution >= 0.6 is 0 Å². The van der Waals surface area contributed by atoms with Gasteiger partial charge in [-0.05, 0) is 6.42 Å². The van der Waals surface area contributed by atoms with E-state index in [1.54, 1.807) is 0 Å². The number of fused-ring (bicyclic) bond motifs is 2. The molecule has 2 aliphatic heterocycles. The summed E-state index contributed by atoms with van der Waals surface area (Å²) in [6.07, 6.45) is 1.07. The Kier molecular flexibility index (Phi) is 1.20. The quantitative estimate of drug-likeness (QED) is 0.489. The summed E-state index contributed by atoms with van der Waals surface area (Å²) in [7, 11) is 1.90. The van der Waals surface area contributed by atoms with Crippen molar-refractivity contribution < 1.29 is 4.79 Å². The molecule has 0 radical (unpaired) electrons. The first-order chi connectivity index (χ1) is 4.79. The Morgan fingerprint density at radius 1 is 1.60 bits per heavy atom. The van der Waals surface area contributed by atoms with E-state index in [1.807, 2.05) is 11.9 Å². The summed E-state index contributed by atoms with van der Waals surface area (Å²) >= 11 is 0. The summed E-state index contributed by atoms with van der Waals surface area (Å²) < 4.78 is 0. The molecule has 2 atom stereocenters. The van der Waals surface area contributed by atoms with Gasteiger partial charge in [-0.15, -0.1) is 0 Å². The van der Waals surface area contributed by atoms with Gasteiger partial charge in [0, 0.05) is 26.2 Å². The van der Waals surface area contributed by atoms with Gasteiger partial charge in [0.2, 0.25) is 5.91 Å². The molecule has 3 heteroatoms. The van der Waals surface area contributed by atoms with Crippen LogP contribution in [0, 0.1) is 5.92 Å². The number of hydrogen-bond acceptors (Lipinski definition) is 2. The van der Waals surface area contributed by atoms with Crippen molar-refractivity contribution in [1.82, 2.24) is 10.2 Å². The molecule has 0 aliphatic carbocycles. The molecular formula is C7H12N2O. The fourth-order valence-electron chi connectivity index (χ4n) is 1.87. The number of hydrogen-bond donors (Lipinski definition) is 1. The smallest absolute Gasteiger partial charge is 0.227 e. The molecule has 2 heterocycles. The van der Waals surface area contributed by atoms with Gasteiger partial charge in [0.05, 0.1) is 5.92 Å². The fraction of sp³-hybridized carbons (Fsp3) is 0.857. The monoisotopic (exact) mass is 140 g/mol. The molecule has 1 amide bonds. The Balaban J connectivity index is 2.21. The van der Waals surface area contributed by atoms with Crippen LogP contribution in [-0.2, 0) is 4.79 Å². The third-order valence-electron chi connectivity index (χ3n) is 2.57. The van der Waals surface area contributed by atoms with Crippen molar-refractivity contribution in [2.75, 3.05) is 20.1 Å². The van der Waals surface area contributed by atoms with E-state index in [1.165, 1.54) is 0 Å². The van der Waals surface area contributed by atoms with Crippen LogP contribution in [0.25, 0.3) is 0 Å². The molecule has 1 N–H and O–H groups in total. The van der Waals surface area contributed by atoms with Crippen LogP contribution in [-0.4, -0.2) is 37.0 Å². The number of likely N-dealkylation sites (tertiary alicyclic amines) is 1. The fourth-order valence-corrected chi connectivity index (χ4v) is 1.87. The average molecular weight is 140 g/mol. The zero-order chi connectivity index (χ0) is 7.14. The molecular weight excluding hydrogens is 128 g/mol. The van der Waals surface area contributed by atoms with Crippen LogP contribution in [0.2, 0.25) is 0 Å². The third-order valence-corrected chi connectivity index (χ3v) is 2.57. The van der Waals surface area contributed by atoms with Crippen LogP contribution < -0.4 is 5.32 Å². The van der Waals surface area contributed by atoms with Crippen LogP contribution in [0.15, 0.2) is 0 Å². The summed E-state index contributed by atoms with van der Waals surface area (Å²) in [6.45, 7) is 1.87. The minimum Gasteiger partial charge on any atom is -0.341 e. The second-order valence-corrected chi connectivity index (χ2v) is 3.19. The highest BCUT2D eigenvalue weighted by molar-refractivity contribution is 5.81. The number of rotatable bonds is 0. The first kappa shape index (κ1) is 6.16. The molecule has 0 saturated carbocycles. The van der Waals surface area contributed by atoms with E-state index in [0.717, 1.165) is 19.5 Å². The highest BCUT2D eigenvalue weighted by atomic mass is 16.2. The normalized spacial score (nSPS) is 38.9. The predicted molar refractivity (Wildman–Crippen MR) is 37.5 cm³/mol. The number of piperidine rings is 1. The van der Waals surface area contributed by atoms with Crippen molar-refractivity contribution in [1.29, 1.82) is 0 Å². The summed E-state index contributed by atoms with van der Waals surface area (Å²) in [5.74, 6) is 0.610. The van der Waals surface area contributed by atoms with Crippen molar-refractivity contribution >= 4 is 5.91 Å². The number of carbonyl (C=O) groups excluding carboxylic acids is 1. The molecule has 0 aromatic heterocycles. The average Bonchev–Trinajstić information content (AvgIpc) is 2.17. The number of nitrogens with one attached hydrogen (secondary N) is 1.